The summed E-state index contributed by atoms with van der Waals surface area (Å²) in [5.74, 6) is -0.333. The van der Waals surface area contributed by atoms with Crippen molar-refractivity contribution in [2.75, 3.05) is 7.11 Å². The smallest absolute Gasteiger partial charge is 0.338 e. The summed E-state index contributed by atoms with van der Waals surface area (Å²) >= 11 is 5.80. The van der Waals surface area contributed by atoms with Gasteiger partial charge in [0.2, 0.25) is 0 Å². The monoisotopic (exact) mass is 253 g/mol. The number of halogens is 1. The number of rotatable bonds is 1. The zero-order valence-electron chi connectivity index (χ0n) is 7.43. The average Bonchev–Trinajstić information content (AvgIpc) is 2.20. The van der Waals surface area contributed by atoms with E-state index in [1.165, 1.54) is 7.11 Å². The van der Waals surface area contributed by atoms with Gasteiger partial charge < -0.3 is 4.74 Å². The molecule has 0 fully saturated rings. The maximum Gasteiger partial charge on any atom is 0.338 e. The van der Waals surface area contributed by atoms with E-state index >= 15 is 0 Å². The Labute approximate surface area is 94.4 Å². The molecular formula is C8H6ClO2Si3. The second-order valence-electron chi connectivity index (χ2n) is 2.43. The van der Waals surface area contributed by atoms with Crippen LogP contribution >= 0.6 is 11.6 Å². The molecule has 0 aromatic heterocycles. The Morgan fingerprint density at radius 2 is 2.29 bits per heavy atom. The summed E-state index contributed by atoms with van der Waals surface area (Å²) in [5.41, 5.74) is 0.559. The lowest BCUT2D eigenvalue weighted by Gasteiger charge is -2.02. The Bertz CT molecular complexity index is 422. The normalized spacial score (nSPS) is 8.79. The first kappa shape index (κ1) is 11.7. The molecule has 0 aliphatic carbocycles. The Hall–Kier alpha value is -0.369. The van der Waals surface area contributed by atoms with Gasteiger partial charge in [-0.3, -0.25) is 0 Å². The van der Waals surface area contributed by atoms with Gasteiger partial charge in [0.15, 0.2) is 0 Å². The molecule has 0 aliphatic heterocycles. The maximum atomic E-state index is 11.4. The van der Waals surface area contributed by atoms with E-state index in [4.69, 9.17) is 11.6 Å². The predicted molar refractivity (Wildman–Crippen MR) is 59.7 cm³/mol. The van der Waals surface area contributed by atoms with Crippen molar-refractivity contribution in [1.82, 2.24) is 0 Å². The molecule has 0 saturated heterocycles. The van der Waals surface area contributed by atoms with Crippen molar-refractivity contribution in [3.05, 3.63) is 28.8 Å². The first-order chi connectivity index (χ1) is 6.69. The molecule has 2 nitrogen and oxygen atoms in total. The number of benzene rings is 1. The van der Waals surface area contributed by atoms with E-state index in [1.54, 1.807) is 12.1 Å². The van der Waals surface area contributed by atoms with Gasteiger partial charge in [0.05, 0.1) is 22.4 Å². The molecule has 0 spiro atoms. The molecule has 0 N–H and O–H groups in total. The van der Waals surface area contributed by atoms with Gasteiger partial charge in [-0.25, -0.2) is 4.79 Å². The number of hydrogen-bond acceptors (Lipinski definition) is 2. The highest BCUT2D eigenvalue weighted by Crippen LogP contribution is 2.09. The van der Waals surface area contributed by atoms with Crippen molar-refractivity contribution in [3.8, 4) is 0 Å². The molecule has 1 aromatic carbocycles. The highest BCUT2D eigenvalue weighted by molar-refractivity contribution is 6.98. The van der Waals surface area contributed by atoms with E-state index in [9.17, 15) is 4.79 Å². The van der Waals surface area contributed by atoms with Crippen molar-refractivity contribution in [2.24, 2.45) is 0 Å². The van der Waals surface area contributed by atoms with Crippen molar-refractivity contribution >= 4 is 48.9 Å². The van der Waals surface area contributed by atoms with Crippen LogP contribution in [0.1, 0.15) is 10.4 Å². The lowest BCUT2D eigenvalue weighted by molar-refractivity contribution is 0.0602. The predicted octanol–water partition coefficient (Wildman–Crippen LogP) is 0.159. The summed E-state index contributed by atoms with van der Waals surface area (Å²) < 4.78 is 4.67. The van der Waals surface area contributed by atoms with E-state index < -0.39 is 0 Å². The average molecular weight is 254 g/mol. The fourth-order valence-corrected chi connectivity index (χ4v) is 4.02. The maximum absolute atomic E-state index is 11.4. The number of carbonyl (C=O) groups is 1. The van der Waals surface area contributed by atoms with Crippen LogP contribution in [0.15, 0.2) is 18.2 Å². The SMILES string of the molecule is COC(=O)c1cc(Cl)ccc1[Si]#[Si][Si]. The molecule has 0 atom stereocenters. The standard InChI is InChI=1S/C8H6ClO2Si3/c1-11-8(10)6-4-5(9)2-3-7(6)13-14-12/h2-4H,1H3. The van der Waals surface area contributed by atoms with Crippen molar-refractivity contribution in [3.63, 3.8) is 0 Å². The highest BCUT2D eigenvalue weighted by atomic mass is 35.5. The molecule has 0 bridgehead atoms. The van der Waals surface area contributed by atoms with Gasteiger partial charge in [-0.05, 0) is 20.5 Å². The van der Waals surface area contributed by atoms with E-state index in [0.29, 0.717) is 26.9 Å². The summed E-state index contributed by atoms with van der Waals surface area (Å²) in [4.78, 5) is 11.4. The minimum absolute atomic E-state index is 0.333. The highest BCUT2D eigenvalue weighted by Gasteiger charge is 2.09. The van der Waals surface area contributed by atoms with Crippen LogP contribution in [0.2, 0.25) is 5.02 Å². The van der Waals surface area contributed by atoms with Gasteiger partial charge >= 0.3 is 5.97 Å². The summed E-state index contributed by atoms with van der Waals surface area (Å²) in [6, 6.07) is 5.28. The molecule has 0 aliphatic rings. The third-order valence-corrected chi connectivity index (χ3v) is 4.96. The van der Waals surface area contributed by atoms with Crippen LogP contribution in [0.3, 0.4) is 0 Å². The van der Waals surface area contributed by atoms with E-state index in [1.807, 2.05) is 6.07 Å². The van der Waals surface area contributed by atoms with Crippen LogP contribution in [0.5, 0.6) is 0 Å². The molecule has 69 valence electrons. The Balaban J connectivity index is 3.27. The first-order valence-corrected chi connectivity index (χ1v) is 8.62. The zero-order valence-corrected chi connectivity index (χ0v) is 11.2. The van der Waals surface area contributed by atoms with Gasteiger partial charge in [-0.15, -0.1) is 0 Å². The molecular weight excluding hydrogens is 248 g/mol. The number of methoxy groups -OCH3 is 1. The molecule has 0 unspecified atom stereocenters. The summed E-state index contributed by atoms with van der Waals surface area (Å²) in [7, 11) is 5.94. The van der Waals surface area contributed by atoms with Crippen LogP contribution in [-0.2, 0) is 4.74 Å². The fourth-order valence-electron chi connectivity index (χ4n) is 0.972. The summed E-state index contributed by atoms with van der Waals surface area (Å²) in [5, 5.41) is 1.53. The lowest BCUT2D eigenvalue weighted by atomic mass is 10.2. The lowest BCUT2D eigenvalue weighted by Crippen LogP contribution is -2.19. The minimum atomic E-state index is -0.333. The van der Waals surface area contributed by atoms with Crippen LogP contribution in [0, 0.1) is 0 Å². The summed E-state index contributed by atoms with van der Waals surface area (Å²) in [6.07, 6.45) is 0. The van der Waals surface area contributed by atoms with Gasteiger partial charge in [0.1, 0.15) is 0 Å². The molecule has 3 radical (unpaired) electrons. The molecule has 6 heteroatoms. The fraction of sp³-hybridized carbons (Fsp3) is 0.125. The number of carbonyl (C=O) groups excluding carboxylic acids is 1. The molecule has 0 saturated carbocycles. The third-order valence-electron chi connectivity index (χ3n) is 1.58. The Morgan fingerprint density at radius 1 is 1.57 bits per heavy atom. The quantitative estimate of drug-likeness (QED) is 0.527. The minimum Gasteiger partial charge on any atom is -0.465 e. The van der Waals surface area contributed by atoms with E-state index in [0.717, 1.165) is 5.19 Å². The largest absolute Gasteiger partial charge is 0.465 e. The Kier molecular flexibility index (Phi) is 4.60. The van der Waals surface area contributed by atoms with Crippen molar-refractivity contribution in [2.45, 2.75) is 0 Å². The summed E-state index contributed by atoms with van der Waals surface area (Å²) in [6.45, 7) is 0. The number of hydrogen-bond donors (Lipinski definition) is 0. The molecule has 0 heterocycles. The van der Waals surface area contributed by atoms with Crippen molar-refractivity contribution in [1.29, 1.82) is 0 Å². The third kappa shape index (κ3) is 2.81. The van der Waals surface area contributed by atoms with Gasteiger partial charge in [-0.1, -0.05) is 25.6 Å². The van der Waals surface area contributed by atoms with E-state index in [2.05, 4.69) is 14.5 Å². The molecule has 14 heavy (non-hydrogen) atoms. The second kappa shape index (κ2) is 5.50. The van der Waals surface area contributed by atoms with Crippen LogP contribution in [0.4, 0.5) is 0 Å². The van der Waals surface area contributed by atoms with Gasteiger partial charge in [0.25, 0.3) is 0 Å². The zero-order chi connectivity index (χ0) is 10.6. The second-order valence-corrected chi connectivity index (χ2v) is 7.66. The van der Waals surface area contributed by atoms with Crippen molar-refractivity contribution < 1.29 is 9.53 Å². The van der Waals surface area contributed by atoms with Gasteiger partial charge in [0, 0.05) is 10.2 Å². The molecule has 1 aromatic rings. The van der Waals surface area contributed by atoms with Crippen LogP contribution in [-0.4, -0.2) is 39.2 Å². The number of esters is 1. The van der Waals surface area contributed by atoms with Crippen LogP contribution in [0.25, 0.3) is 0 Å². The first-order valence-electron chi connectivity index (χ1n) is 3.74. The topological polar surface area (TPSA) is 26.3 Å². The number of ether oxygens (including phenoxy) is 1. The molecule has 0 amide bonds. The Morgan fingerprint density at radius 3 is 2.86 bits per heavy atom. The molecule has 1 rings (SSSR count). The van der Waals surface area contributed by atoms with Gasteiger partial charge in [-0.2, -0.15) is 0 Å². The van der Waals surface area contributed by atoms with Crippen LogP contribution < -0.4 is 5.19 Å². The van der Waals surface area contributed by atoms with E-state index in [-0.39, 0.29) is 5.97 Å².